The molecule has 2 nitrogen and oxygen atoms in total. The maximum Gasteiger partial charge on any atom is 0.168 e. The van der Waals surface area contributed by atoms with Crippen molar-refractivity contribution in [3.8, 4) is 0 Å². The van der Waals surface area contributed by atoms with E-state index in [2.05, 4.69) is 5.16 Å². The monoisotopic (exact) mass is 181 g/mol. The molecule has 0 atom stereocenters. The SMILES string of the molecule is O/N=C(Cl)/C=C\c1ccccc1. The molecule has 0 amide bonds. The number of benzene rings is 1. The van der Waals surface area contributed by atoms with Crippen LogP contribution in [-0.2, 0) is 0 Å². The van der Waals surface area contributed by atoms with Crippen LogP contribution in [0.5, 0.6) is 0 Å². The van der Waals surface area contributed by atoms with Crippen molar-refractivity contribution >= 4 is 22.8 Å². The van der Waals surface area contributed by atoms with E-state index in [9.17, 15) is 0 Å². The van der Waals surface area contributed by atoms with Crippen molar-refractivity contribution in [3.63, 3.8) is 0 Å². The highest BCUT2D eigenvalue weighted by Gasteiger charge is 1.85. The molecular weight excluding hydrogens is 174 g/mol. The van der Waals surface area contributed by atoms with Crippen LogP contribution in [0.15, 0.2) is 41.6 Å². The Morgan fingerprint density at radius 2 is 2.00 bits per heavy atom. The lowest BCUT2D eigenvalue weighted by Crippen LogP contribution is -1.77. The molecule has 0 spiro atoms. The molecule has 12 heavy (non-hydrogen) atoms. The largest absolute Gasteiger partial charge is 0.410 e. The molecule has 0 saturated carbocycles. The number of hydrogen-bond donors (Lipinski definition) is 1. The molecule has 0 unspecified atom stereocenters. The van der Waals surface area contributed by atoms with Gasteiger partial charge in [-0.05, 0) is 11.6 Å². The lowest BCUT2D eigenvalue weighted by atomic mass is 10.2. The number of allylic oxidation sites excluding steroid dienone is 1. The first-order valence-corrected chi connectivity index (χ1v) is 3.81. The molecular formula is C9H8ClNO. The van der Waals surface area contributed by atoms with Crippen molar-refractivity contribution in [2.24, 2.45) is 5.16 Å². The molecule has 1 aromatic carbocycles. The van der Waals surface area contributed by atoms with E-state index in [1.54, 1.807) is 6.08 Å². The number of halogens is 1. The zero-order valence-electron chi connectivity index (χ0n) is 6.31. The molecule has 1 N–H and O–H groups in total. The maximum absolute atomic E-state index is 8.22. The van der Waals surface area contributed by atoms with Gasteiger partial charge in [-0.2, -0.15) is 0 Å². The molecule has 3 heteroatoms. The van der Waals surface area contributed by atoms with Gasteiger partial charge in [-0.15, -0.1) is 0 Å². The summed E-state index contributed by atoms with van der Waals surface area (Å²) >= 11 is 5.43. The Morgan fingerprint density at radius 1 is 1.33 bits per heavy atom. The fourth-order valence-corrected chi connectivity index (χ4v) is 0.825. The second-order valence-corrected chi connectivity index (χ2v) is 2.55. The van der Waals surface area contributed by atoms with E-state index < -0.39 is 0 Å². The molecule has 0 aliphatic heterocycles. The zero-order valence-corrected chi connectivity index (χ0v) is 7.07. The normalized spacial score (nSPS) is 12.2. The van der Waals surface area contributed by atoms with Gasteiger partial charge in [0.15, 0.2) is 5.17 Å². The average Bonchev–Trinajstić information content (AvgIpc) is 2.16. The van der Waals surface area contributed by atoms with E-state index in [1.807, 2.05) is 30.3 Å². The number of rotatable bonds is 2. The summed E-state index contributed by atoms with van der Waals surface area (Å²) in [6.45, 7) is 0. The second-order valence-electron chi connectivity index (χ2n) is 2.17. The van der Waals surface area contributed by atoms with Gasteiger partial charge in [-0.1, -0.05) is 53.2 Å². The van der Waals surface area contributed by atoms with Gasteiger partial charge >= 0.3 is 0 Å². The molecule has 0 heterocycles. The number of nitrogens with zero attached hydrogens (tertiary/aromatic N) is 1. The Labute approximate surface area is 75.8 Å². The minimum Gasteiger partial charge on any atom is -0.410 e. The molecule has 1 aromatic rings. The highest BCUT2D eigenvalue weighted by atomic mass is 35.5. The lowest BCUT2D eigenvalue weighted by molar-refractivity contribution is 0.321. The molecule has 0 aliphatic carbocycles. The van der Waals surface area contributed by atoms with Gasteiger partial charge in [-0.25, -0.2) is 0 Å². The van der Waals surface area contributed by atoms with Crippen molar-refractivity contribution in [3.05, 3.63) is 42.0 Å². The van der Waals surface area contributed by atoms with Crippen molar-refractivity contribution in [1.29, 1.82) is 0 Å². The highest BCUT2D eigenvalue weighted by Crippen LogP contribution is 2.01. The lowest BCUT2D eigenvalue weighted by Gasteiger charge is -1.89. The summed E-state index contributed by atoms with van der Waals surface area (Å²) in [5.74, 6) is 0. The van der Waals surface area contributed by atoms with Crippen molar-refractivity contribution in [2.45, 2.75) is 0 Å². The fourth-order valence-electron chi connectivity index (χ4n) is 0.762. The Hall–Kier alpha value is -1.28. The minimum atomic E-state index is 0.0684. The molecule has 0 radical (unpaired) electrons. The van der Waals surface area contributed by atoms with E-state index in [-0.39, 0.29) is 5.17 Å². The quantitative estimate of drug-likeness (QED) is 0.425. The van der Waals surface area contributed by atoms with Gasteiger partial charge in [0.1, 0.15) is 0 Å². The van der Waals surface area contributed by atoms with E-state index in [1.165, 1.54) is 6.08 Å². The average molecular weight is 182 g/mol. The smallest absolute Gasteiger partial charge is 0.168 e. The molecule has 0 fully saturated rings. The highest BCUT2D eigenvalue weighted by molar-refractivity contribution is 6.68. The minimum absolute atomic E-state index is 0.0684. The maximum atomic E-state index is 8.22. The molecule has 62 valence electrons. The zero-order chi connectivity index (χ0) is 8.81. The fraction of sp³-hybridized carbons (Fsp3) is 0. The van der Waals surface area contributed by atoms with Crippen LogP contribution in [0.1, 0.15) is 5.56 Å². The standard InChI is InChI=1S/C9H8ClNO/c10-9(11-12)7-6-8-4-2-1-3-5-8/h1-7,12H/b7-6-,11-9-. The number of hydrogen-bond acceptors (Lipinski definition) is 2. The van der Waals surface area contributed by atoms with Crippen LogP contribution < -0.4 is 0 Å². The molecule has 0 aromatic heterocycles. The molecule has 0 aliphatic rings. The van der Waals surface area contributed by atoms with Crippen LogP contribution in [0.2, 0.25) is 0 Å². The summed E-state index contributed by atoms with van der Waals surface area (Å²) in [7, 11) is 0. The third-order valence-electron chi connectivity index (χ3n) is 1.31. The van der Waals surface area contributed by atoms with Gasteiger partial charge in [-0.3, -0.25) is 0 Å². The van der Waals surface area contributed by atoms with Gasteiger partial charge < -0.3 is 5.21 Å². The predicted octanol–water partition coefficient (Wildman–Crippen LogP) is 2.73. The first-order valence-electron chi connectivity index (χ1n) is 3.43. The number of oxime groups is 1. The Kier molecular flexibility index (Phi) is 3.35. The Morgan fingerprint density at radius 3 is 2.58 bits per heavy atom. The van der Waals surface area contributed by atoms with E-state index in [0.29, 0.717) is 0 Å². The van der Waals surface area contributed by atoms with E-state index in [0.717, 1.165) is 5.56 Å². The van der Waals surface area contributed by atoms with E-state index in [4.69, 9.17) is 16.8 Å². The van der Waals surface area contributed by atoms with Crippen LogP contribution >= 0.6 is 11.6 Å². The van der Waals surface area contributed by atoms with Gasteiger partial charge in [0.2, 0.25) is 0 Å². The van der Waals surface area contributed by atoms with Crippen LogP contribution in [0, 0.1) is 0 Å². The molecule has 1 rings (SSSR count). The van der Waals surface area contributed by atoms with Gasteiger partial charge in [0, 0.05) is 0 Å². The van der Waals surface area contributed by atoms with Crippen LogP contribution in [-0.4, -0.2) is 10.4 Å². The van der Waals surface area contributed by atoms with Crippen molar-refractivity contribution in [1.82, 2.24) is 0 Å². The topological polar surface area (TPSA) is 32.6 Å². The predicted molar refractivity (Wildman–Crippen MR) is 50.6 cm³/mol. The molecule has 0 saturated heterocycles. The van der Waals surface area contributed by atoms with E-state index >= 15 is 0 Å². The Bertz CT molecular complexity index is 293. The molecule has 0 bridgehead atoms. The summed E-state index contributed by atoms with van der Waals surface area (Å²) in [5.41, 5.74) is 1.01. The third kappa shape index (κ3) is 2.76. The van der Waals surface area contributed by atoms with Crippen LogP contribution in [0.4, 0.5) is 0 Å². The summed E-state index contributed by atoms with van der Waals surface area (Å²) in [5, 5.41) is 11.1. The summed E-state index contributed by atoms with van der Waals surface area (Å²) in [6, 6.07) is 9.63. The van der Waals surface area contributed by atoms with Crippen LogP contribution in [0.3, 0.4) is 0 Å². The summed E-state index contributed by atoms with van der Waals surface area (Å²) < 4.78 is 0. The van der Waals surface area contributed by atoms with Gasteiger partial charge in [0.25, 0.3) is 0 Å². The summed E-state index contributed by atoms with van der Waals surface area (Å²) in [6.07, 6.45) is 3.29. The Balaban J connectivity index is 2.70. The van der Waals surface area contributed by atoms with Crippen molar-refractivity contribution < 1.29 is 5.21 Å². The third-order valence-corrected chi connectivity index (χ3v) is 1.51. The van der Waals surface area contributed by atoms with Crippen molar-refractivity contribution in [2.75, 3.05) is 0 Å². The summed E-state index contributed by atoms with van der Waals surface area (Å²) in [4.78, 5) is 0. The second kappa shape index (κ2) is 4.57. The first kappa shape index (κ1) is 8.81. The first-order chi connectivity index (χ1) is 5.83. The van der Waals surface area contributed by atoms with Gasteiger partial charge in [0.05, 0.1) is 0 Å². The van der Waals surface area contributed by atoms with Crippen LogP contribution in [0.25, 0.3) is 6.08 Å².